The molecule has 0 fully saturated rings. The Morgan fingerprint density at radius 1 is 1.33 bits per heavy atom. The number of rotatable bonds is 7. The first-order valence-electron chi connectivity index (χ1n) is 6.24. The first kappa shape index (κ1) is 15.2. The Kier molecular flexibility index (Phi) is 6.36. The molecule has 0 radical (unpaired) electrons. The third kappa shape index (κ3) is 4.42. The van der Waals surface area contributed by atoms with Crippen LogP contribution in [0.25, 0.3) is 0 Å². The predicted molar refractivity (Wildman–Crippen MR) is 77.4 cm³/mol. The zero-order valence-corrected chi connectivity index (χ0v) is 12.8. The molecular formula is C14H20BrNO2. The maximum absolute atomic E-state index is 11.3. The zero-order valence-electron chi connectivity index (χ0n) is 11.2. The highest BCUT2D eigenvalue weighted by Crippen LogP contribution is 2.23. The standard InChI is InChI=1S/C14H20BrNO2/c1-4-16(5-2)8-9-18-12-6-7-13(11(3)17)14(15)10-12/h6-7,10H,4-5,8-9H2,1-3H3. The number of hydrogen-bond donors (Lipinski definition) is 0. The van der Waals surface area contributed by atoms with Crippen molar-refractivity contribution < 1.29 is 9.53 Å². The van der Waals surface area contributed by atoms with Gasteiger partial charge in [-0.1, -0.05) is 13.8 Å². The number of carbonyl (C=O) groups excluding carboxylic acids is 1. The van der Waals surface area contributed by atoms with Gasteiger partial charge in [0.2, 0.25) is 0 Å². The Labute approximate surface area is 117 Å². The monoisotopic (exact) mass is 313 g/mol. The van der Waals surface area contributed by atoms with Crippen molar-refractivity contribution in [1.82, 2.24) is 4.90 Å². The summed E-state index contributed by atoms with van der Waals surface area (Å²) >= 11 is 3.38. The highest BCUT2D eigenvalue weighted by atomic mass is 79.9. The lowest BCUT2D eigenvalue weighted by molar-refractivity contribution is 0.101. The van der Waals surface area contributed by atoms with Crippen LogP contribution in [-0.4, -0.2) is 36.9 Å². The Bertz CT molecular complexity index is 403. The summed E-state index contributed by atoms with van der Waals surface area (Å²) in [6, 6.07) is 5.47. The van der Waals surface area contributed by atoms with Gasteiger partial charge in [0.15, 0.2) is 5.78 Å². The van der Waals surface area contributed by atoms with E-state index in [0.29, 0.717) is 12.2 Å². The Morgan fingerprint density at radius 3 is 2.50 bits per heavy atom. The number of ether oxygens (including phenoxy) is 1. The van der Waals surface area contributed by atoms with Gasteiger partial charge in [-0.05, 0) is 54.1 Å². The van der Waals surface area contributed by atoms with E-state index >= 15 is 0 Å². The number of benzene rings is 1. The molecule has 0 saturated carbocycles. The van der Waals surface area contributed by atoms with Crippen molar-refractivity contribution in [2.24, 2.45) is 0 Å². The highest BCUT2D eigenvalue weighted by Gasteiger charge is 2.06. The largest absolute Gasteiger partial charge is 0.492 e. The SMILES string of the molecule is CCN(CC)CCOc1ccc(C(C)=O)c(Br)c1. The first-order valence-corrected chi connectivity index (χ1v) is 7.03. The van der Waals surface area contributed by atoms with Crippen LogP contribution in [0, 0.1) is 0 Å². The predicted octanol–water partition coefficient (Wildman–Crippen LogP) is 3.37. The smallest absolute Gasteiger partial charge is 0.160 e. The summed E-state index contributed by atoms with van der Waals surface area (Å²) in [7, 11) is 0. The normalized spacial score (nSPS) is 10.7. The van der Waals surface area contributed by atoms with Crippen molar-refractivity contribution in [2.75, 3.05) is 26.2 Å². The molecule has 0 spiro atoms. The summed E-state index contributed by atoms with van der Waals surface area (Å²) in [4.78, 5) is 13.6. The van der Waals surface area contributed by atoms with Crippen LogP contribution in [0.3, 0.4) is 0 Å². The Balaban J connectivity index is 2.53. The number of halogens is 1. The lowest BCUT2D eigenvalue weighted by Gasteiger charge is -2.18. The minimum Gasteiger partial charge on any atom is -0.492 e. The molecule has 0 aliphatic heterocycles. The van der Waals surface area contributed by atoms with Crippen LogP contribution in [0.1, 0.15) is 31.1 Å². The second kappa shape index (κ2) is 7.54. The molecule has 0 unspecified atom stereocenters. The molecule has 1 aromatic carbocycles. The number of ketones is 1. The second-order valence-electron chi connectivity index (χ2n) is 4.07. The molecule has 0 N–H and O–H groups in total. The fourth-order valence-electron chi connectivity index (χ4n) is 1.70. The van der Waals surface area contributed by atoms with Gasteiger partial charge < -0.3 is 9.64 Å². The van der Waals surface area contributed by atoms with Gasteiger partial charge in [0.25, 0.3) is 0 Å². The van der Waals surface area contributed by atoms with Gasteiger partial charge in [0.1, 0.15) is 12.4 Å². The van der Waals surface area contributed by atoms with E-state index < -0.39 is 0 Å². The molecule has 0 aliphatic carbocycles. The van der Waals surface area contributed by atoms with E-state index in [-0.39, 0.29) is 5.78 Å². The van der Waals surface area contributed by atoms with Crippen molar-refractivity contribution in [1.29, 1.82) is 0 Å². The van der Waals surface area contributed by atoms with Crippen molar-refractivity contribution in [3.63, 3.8) is 0 Å². The average Bonchev–Trinajstić information content (AvgIpc) is 2.34. The molecule has 3 nitrogen and oxygen atoms in total. The second-order valence-corrected chi connectivity index (χ2v) is 4.93. The molecule has 0 bridgehead atoms. The van der Waals surface area contributed by atoms with Crippen molar-refractivity contribution in [3.8, 4) is 5.75 Å². The van der Waals surface area contributed by atoms with E-state index in [1.54, 1.807) is 13.0 Å². The maximum Gasteiger partial charge on any atom is 0.160 e. The molecule has 0 amide bonds. The van der Waals surface area contributed by atoms with Crippen LogP contribution in [0.4, 0.5) is 0 Å². The van der Waals surface area contributed by atoms with Gasteiger partial charge >= 0.3 is 0 Å². The minimum atomic E-state index is 0.0524. The van der Waals surface area contributed by atoms with E-state index in [0.717, 1.165) is 29.9 Å². The molecule has 0 heterocycles. The number of nitrogens with zero attached hydrogens (tertiary/aromatic N) is 1. The molecule has 100 valence electrons. The molecule has 0 atom stereocenters. The van der Waals surface area contributed by atoms with Crippen molar-refractivity contribution >= 4 is 21.7 Å². The fourth-order valence-corrected chi connectivity index (χ4v) is 2.34. The molecule has 18 heavy (non-hydrogen) atoms. The first-order chi connectivity index (χ1) is 8.58. The summed E-state index contributed by atoms with van der Waals surface area (Å²) in [6.45, 7) is 9.48. The van der Waals surface area contributed by atoms with Crippen LogP contribution in [-0.2, 0) is 0 Å². The molecule has 0 aromatic heterocycles. The summed E-state index contributed by atoms with van der Waals surface area (Å²) in [5.41, 5.74) is 0.686. The summed E-state index contributed by atoms with van der Waals surface area (Å²) in [6.07, 6.45) is 0. The van der Waals surface area contributed by atoms with E-state index in [1.807, 2.05) is 12.1 Å². The molecule has 0 aliphatic rings. The van der Waals surface area contributed by atoms with Crippen molar-refractivity contribution in [2.45, 2.75) is 20.8 Å². The van der Waals surface area contributed by atoms with E-state index in [9.17, 15) is 4.79 Å². The lowest BCUT2D eigenvalue weighted by Crippen LogP contribution is -2.27. The summed E-state index contributed by atoms with van der Waals surface area (Å²) < 4.78 is 6.46. The van der Waals surface area contributed by atoms with Crippen molar-refractivity contribution in [3.05, 3.63) is 28.2 Å². The molecule has 1 aromatic rings. The van der Waals surface area contributed by atoms with Crippen LogP contribution in [0.2, 0.25) is 0 Å². The van der Waals surface area contributed by atoms with Crippen LogP contribution in [0.15, 0.2) is 22.7 Å². The Hall–Kier alpha value is -0.870. The topological polar surface area (TPSA) is 29.5 Å². The average molecular weight is 314 g/mol. The van der Waals surface area contributed by atoms with Gasteiger partial charge in [-0.2, -0.15) is 0 Å². The van der Waals surface area contributed by atoms with Gasteiger partial charge in [-0.25, -0.2) is 0 Å². The highest BCUT2D eigenvalue weighted by molar-refractivity contribution is 9.10. The van der Waals surface area contributed by atoms with Gasteiger partial charge in [0.05, 0.1) is 0 Å². The maximum atomic E-state index is 11.3. The molecule has 0 saturated heterocycles. The summed E-state index contributed by atoms with van der Waals surface area (Å²) in [5.74, 6) is 0.843. The third-order valence-electron chi connectivity index (χ3n) is 2.89. The molecule has 4 heteroatoms. The van der Waals surface area contributed by atoms with Gasteiger partial charge in [0, 0.05) is 16.6 Å². The lowest BCUT2D eigenvalue weighted by atomic mass is 10.1. The number of likely N-dealkylation sites (N-methyl/N-ethyl adjacent to an activating group) is 1. The third-order valence-corrected chi connectivity index (χ3v) is 3.55. The number of carbonyl (C=O) groups is 1. The van der Waals surface area contributed by atoms with Crippen LogP contribution >= 0.6 is 15.9 Å². The fraction of sp³-hybridized carbons (Fsp3) is 0.500. The van der Waals surface area contributed by atoms with Crippen LogP contribution in [0.5, 0.6) is 5.75 Å². The quantitative estimate of drug-likeness (QED) is 0.723. The van der Waals surface area contributed by atoms with Crippen LogP contribution < -0.4 is 4.74 Å². The van der Waals surface area contributed by atoms with Gasteiger partial charge in [-0.3, -0.25) is 4.79 Å². The minimum absolute atomic E-state index is 0.0524. The van der Waals surface area contributed by atoms with E-state index in [2.05, 4.69) is 34.7 Å². The van der Waals surface area contributed by atoms with E-state index in [1.165, 1.54) is 0 Å². The summed E-state index contributed by atoms with van der Waals surface area (Å²) in [5, 5.41) is 0. The molecule has 1 rings (SSSR count). The van der Waals surface area contributed by atoms with Gasteiger partial charge in [-0.15, -0.1) is 0 Å². The van der Waals surface area contributed by atoms with E-state index in [4.69, 9.17) is 4.74 Å². The number of hydrogen-bond acceptors (Lipinski definition) is 3. The Morgan fingerprint density at radius 2 is 2.00 bits per heavy atom. The zero-order chi connectivity index (χ0) is 13.5. The molecular weight excluding hydrogens is 294 g/mol. The number of Topliss-reactive ketones (excluding diaryl/α,β-unsaturated/α-hetero) is 1.